The van der Waals surface area contributed by atoms with E-state index in [1.54, 1.807) is 0 Å². The third-order valence-corrected chi connectivity index (χ3v) is 4.61. The second-order valence-electron chi connectivity index (χ2n) is 6.01. The molecule has 1 heterocycles. The molecule has 1 saturated carbocycles. The Kier molecular flexibility index (Phi) is 4.66. The summed E-state index contributed by atoms with van der Waals surface area (Å²) in [4.78, 5) is 2.27. The Labute approximate surface area is 111 Å². The summed E-state index contributed by atoms with van der Waals surface area (Å²) in [5, 5.41) is 8.60. The van der Waals surface area contributed by atoms with E-state index >= 15 is 0 Å². The molecule has 0 aromatic carbocycles. The number of nitrogens with zero attached hydrogens (tertiary/aromatic N) is 1. The predicted molar refractivity (Wildman–Crippen MR) is 75.1 cm³/mol. The van der Waals surface area contributed by atoms with Crippen LogP contribution in [-0.4, -0.2) is 36.0 Å². The fourth-order valence-corrected chi connectivity index (χ4v) is 3.36. The lowest BCUT2D eigenvalue weighted by Gasteiger charge is -2.44. The Bertz CT molecular complexity index is 276. The van der Waals surface area contributed by atoms with E-state index < -0.39 is 0 Å². The molecule has 2 fully saturated rings. The molecule has 0 bridgehead atoms. The summed E-state index contributed by atoms with van der Waals surface area (Å²) in [6, 6.07) is 0. The Balaban J connectivity index is 2.05. The van der Waals surface area contributed by atoms with Gasteiger partial charge in [-0.2, -0.15) is 0 Å². The van der Waals surface area contributed by atoms with Gasteiger partial charge in [0.15, 0.2) is 0 Å². The summed E-state index contributed by atoms with van der Waals surface area (Å²) in [5.74, 6) is 1.57. The van der Waals surface area contributed by atoms with Gasteiger partial charge in [0, 0.05) is 19.7 Å². The van der Waals surface area contributed by atoms with Crippen LogP contribution in [0.1, 0.15) is 58.8 Å². The molecule has 2 aliphatic rings. The molecule has 0 aromatic heterocycles. The largest absolute Gasteiger partial charge is 0.367 e. The van der Waals surface area contributed by atoms with E-state index in [9.17, 15) is 0 Å². The zero-order chi connectivity index (χ0) is 13.0. The van der Waals surface area contributed by atoms with Crippen LogP contribution in [0.3, 0.4) is 0 Å². The Morgan fingerprint density at radius 1 is 1.22 bits per heavy atom. The van der Waals surface area contributed by atoms with Crippen LogP contribution >= 0.6 is 0 Å². The Morgan fingerprint density at radius 2 is 1.83 bits per heavy atom. The maximum absolute atomic E-state index is 8.60. The summed E-state index contributed by atoms with van der Waals surface area (Å²) in [6.45, 7) is 7.22. The maximum atomic E-state index is 8.60. The van der Waals surface area contributed by atoms with Gasteiger partial charge in [-0.15, -0.1) is 0 Å². The molecule has 3 heteroatoms. The van der Waals surface area contributed by atoms with Crippen molar-refractivity contribution in [1.82, 2.24) is 4.90 Å². The van der Waals surface area contributed by atoms with E-state index in [2.05, 4.69) is 18.7 Å². The van der Waals surface area contributed by atoms with Gasteiger partial charge in [-0.25, -0.2) is 0 Å². The van der Waals surface area contributed by atoms with E-state index in [4.69, 9.17) is 10.1 Å². The highest BCUT2D eigenvalue weighted by Crippen LogP contribution is 2.36. The minimum atomic E-state index is -0.265. The molecule has 0 radical (unpaired) electrons. The van der Waals surface area contributed by atoms with Crippen molar-refractivity contribution in [3.05, 3.63) is 0 Å². The van der Waals surface area contributed by atoms with Crippen molar-refractivity contribution in [2.75, 3.05) is 19.7 Å². The lowest BCUT2D eigenvalue weighted by atomic mass is 9.78. The SMILES string of the molecule is CCOC1(C(=N)N2CCCCC2)CCC(C)CC1. The Hall–Kier alpha value is -0.570. The number of amidine groups is 1. The molecule has 3 nitrogen and oxygen atoms in total. The van der Waals surface area contributed by atoms with E-state index in [-0.39, 0.29) is 5.60 Å². The van der Waals surface area contributed by atoms with Crippen molar-refractivity contribution >= 4 is 5.84 Å². The highest BCUT2D eigenvalue weighted by molar-refractivity contribution is 5.88. The third-order valence-electron chi connectivity index (χ3n) is 4.61. The van der Waals surface area contributed by atoms with Gasteiger partial charge in [0.2, 0.25) is 0 Å². The Morgan fingerprint density at radius 3 is 2.39 bits per heavy atom. The first-order valence-corrected chi connectivity index (χ1v) is 7.66. The lowest BCUT2D eigenvalue weighted by Crippen LogP contribution is -2.53. The molecule has 18 heavy (non-hydrogen) atoms. The van der Waals surface area contributed by atoms with Crippen LogP contribution in [0, 0.1) is 11.3 Å². The molecule has 1 aliphatic carbocycles. The fraction of sp³-hybridized carbons (Fsp3) is 0.933. The first kappa shape index (κ1) is 13.9. The minimum absolute atomic E-state index is 0.265. The molecule has 2 rings (SSSR count). The quantitative estimate of drug-likeness (QED) is 0.617. The van der Waals surface area contributed by atoms with Gasteiger partial charge in [0.1, 0.15) is 11.4 Å². The van der Waals surface area contributed by atoms with E-state index in [1.165, 1.54) is 32.1 Å². The fourth-order valence-electron chi connectivity index (χ4n) is 3.36. The zero-order valence-electron chi connectivity index (χ0n) is 12.0. The zero-order valence-corrected chi connectivity index (χ0v) is 12.0. The average Bonchev–Trinajstić information content (AvgIpc) is 2.42. The van der Waals surface area contributed by atoms with E-state index in [0.29, 0.717) is 0 Å². The van der Waals surface area contributed by atoms with Crippen LogP contribution in [-0.2, 0) is 4.74 Å². The summed E-state index contributed by atoms with van der Waals surface area (Å²) in [6.07, 6.45) is 8.28. The smallest absolute Gasteiger partial charge is 0.129 e. The number of rotatable bonds is 3. The van der Waals surface area contributed by atoms with Gasteiger partial charge in [-0.3, -0.25) is 5.41 Å². The molecule has 1 aliphatic heterocycles. The first-order valence-electron chi connectivity index (χ1n) is 7.66. The van der Waals surface area contributed by atoms with Crippen molar-refractivity contribution in [2.45, 2.75) is 64.4 Å². The van der Waals surface area contributed by atoms with Gasteiger partial charge in [-0.05, 0) is 57.8 Å². The van der Waals surface area contributed by atoms with Crippen LogP contribution in [0.4, 0.5) is 0 Å². The molecule has 1 saturated heterocycles. The molecule has 1 N–H and O–H groups in total. The molecular weight excluding hydrogens is 224 g/mol. The van der Waals surface area contributed by atoms with Crippen LogP contribution in [0.15, 0.2) is 0 Å². The lowest BCUT2D eigenvalue weighted by molar-refractivity contribution is -0.0289. The molecule has 0 amide bonds. The van der Waals surface area contributed by atoms with Gasteiger partial charge < -0.3 is 9.64 Å². The topological polar surface area (TPSA) is 36.3 Å². The highest BCUT2D eigenvalue weighted by Gasteiger charge is 2.41. The van der Waals surface area contributed by atoms with Crippen molar-refractivity contribution in [2.24, 2.45) is 5.92 Å². The van der Waals surface area contributed by atoms with Gasteiger partial charge in [0.05, 0.1) is 0 Å². The standard InChI is InChI=1S/C15H28N2O/c1-3-18-15(9-7-13(2)8-10-15)14(16)17-11-5-4-6-12-17/h13,16H,3-12H2,1-2H3. The van der Waals surface area contributed by atoms with Crippen molar-refractivity contribution in [3.8, 4) is 0 Å². The number of hydrogen-bond donors (Lipinski definition) is 1. The van der Waals surface area contributed by atoms with Gasteiger partial charge in [-0.1, -0.05) is 6.92 Å². The van der Waals surface area contributed by atoms with Crippen LogP contribution in [0.2, 0.25) is 0 Å². The minimum Gasteiger partial charge on any atom is -0.367 e. The molecule has 104 valence electrons. The summed E-state index contributed by atoms with van der Waals surface area (Å²) >= 11 is 0. The number of nitrogens with one attached hydrogen (secondary N) is 1. The summed E-state index contributed by atoms with van der Waals surface area (Å²) < 4.78 is 6.07. The molecular formula is C15H28N2O. The summed E-state index contributed by atoms with van der Waals surface area (Å²) in [5.41, 5.74) is -0.265. The molecule has 0 atom stereocenters. The van der Waals surface area contributed by atoms with Crippen LogP contribution in [0.25, 0.3) is 0 Å². The van der Waals surface area contributed by atoms with E-state index in [1.807, 2.05) is 0 Å². The van der Waals surface area contributed by atoms with Gasteiger partial charge >= 0.3 is 0 Å². The summed E-state index contributed by atoms with van der Waals surface area (Å²) in [7, 11) is 0. The second-order valence-corrected chi connectivity index (χ2v) is 6.01. The number of likely N-dealkylation sites (tertiary alicyclic amines) is 1. The third kappa shape index (κ3) is 2.87. The highest BCUT2D eigenvalue weighted by atomic mass is 16.5. The number of piperidine rings is 1. The first-order chi connectivity index (χ1) is 8.68. The van der Waals surface area contributed by atoms with Crippen LogP contribution in [0.5, 0.6) is 0 Å². The molecule has 0 unspecified atom stereocenters. The predicted octanol–water partition coefficient (Wildman–Crippen LogP) is 3.43. The van der Waals surface area contributed by atoms with E-state index in [0.717, 1.165) is 44.3 Å². The van der Waals surface area contributed by atoms with Crippen molar-refractivity contribution < 1.29 is 4.74 Å². The average molecular weight is 252 g/mol. The maximum Gasteiger partial charge on any atom is 0.129 e. The van der Waals surface area contributed by atoms with Gasteiger partial charge in [0.25, 0.3) is 0 Å². The normalized spacial score (nSPS) is 33.4. The molecule has 0 spiro atoms. The van der Waals surface area contributed by atoms with Crippen molar-refractivity contribution in [3.63, 3.8) is 0 Å². The second kappa shape index (κ2) is 6.05. The van der Waals surface area contributed by atoms with Crippen molar-refractivity contribution in [1.29, 1.82) is 5.41 Å². The number of ether oxygens (including phenoxy) is 1. The van der Waals surface area contributed by atoms with Crippen LogP contribution < -0.4 is 0 Å². The molecule has 0 aromatic rings. The monoisotopic (exact) mass is 252 g/mol. The number of hydrogen-bond acceptors (Lipinski definition) is 2.